The smallest absolute Gasteiger partial charge is 0.126 e. The molecule has 2 atom stereocenters. The molecule has 1 rings (SSSR count). The van der Waals surface area contributed by atoms with Crippen LogP contribution in [0.3, 0.4) is 0 Å². The molecule has 1 aliphatic rings. The predicted molar refractivity (Wildman–Crippen MR) is 61.5 cm³/mol. The van der Waals surface area contributed by atoms with E-state index in [4.69, 9.17) is 5.73 Å². The molecule has 0 amide bonds. The number of aldehydes is 1. The fourth-order valence-corrected chi connectivity index (χ4v) is 2.06. The average molecular weight is 213 g/mol. The highest BCUT2D eigenvalue weighted by Crippen LogP contribution is 2.15. The Labute approximate surface area is 92.2 Å². The second kappa shape index (κ2) is 5.05. The molecule has 4 heteroatoms. The van der Waals surface area contributed by atoms with Gasteiger partial charge in [0, 0.05) is 31.1 Å². The summed E-state index contributed by atoms with van der Waals surface area (Å²) in [6.45, 7) is 8.69. The summed E-state index contributed by atoms with van der Waals surface area (Å²) in [7, 11) is 0. The first-order chi connectivity index (χ1) is 6.96. The van der Waals surface area contributed by atoms with Crippen LogP contribution < -0.4 is 11.1 Å². The average Bonchev–Trinajstić information content (AvgIpc) is 2.16. The first kappa shape index (κ1) is 12.6. The Balaban J connectivity index is 2.51. The first-order valence-corrected chi connectivity index (χ1v) is 5.67. The minimum atomic E-state index is -0.269. The third kappa shape index (κ3) is 3.89. The maximum absolute atomic E-state index is 10.9. The van der Waals surface area contributed by atoms with Crippen LogP contribution in [0, 0.1) is 5.41 Å². The van der Waals surface area contributed by atoms with Crippen molar-refractivity contribution in [1.29, 1.82) is 0 Å². The largest absolute Gasteiger partial charge is 0.315 e. The minimum absolute atomic E-state index is 0.0335. The van der Waals surface area contributed by atoms with Gasteiger partial charge < -0.3 is 10.5 Å². The van der Waals surface area contributed by atoms with Gasteiger partial charge in [-0.25, -0.2) is 0 Å². The molecule has 15 heavy (non-hydrogen) atoms. The van der Waals surface area contributed by atoms with Crippen LogP contribution in [-0.4, -0.2) is 43.0 Å². The van der Waals surface area contributed by atoms with Crippen molar-refractivity contribution in [1.82, 2.24) is 10.2 Å². The lowest BCUT2D eigenvalue weighted by Gasteiger charge is -2.39. The number of nitrogens with two attached hydrogens (primary N) is 1. The molecule has 2 unspecified atom stereocenters. The van der Waals surface area contributed by atoms with Crippen LogP contribution in [0.25, 0.3) is 0 Å². The SMILES string of the molecule is CCC1CN(CC(C)(C)C=O)CC(N)N1. The summed E-state index contributed by atoms with van der Waals surface area (Å²) in [4.78, 5) is 13.1. The van der Waals surface area contributed by atoms with Gasteiger partial charge in [0.05, 0.1) is 6.17 Å². The quantitative estimate of drug-likeness (QED) is 0.654. The Morgan fingerprint density at radius 3 is 2.73 bits per heavy atom. The van der Waals surface area contributed by atoms with Crippen LogP contribution in [0.15, 0.2) is 0 Å². The van der Waals surface area contributed by atoms with E-state index >= 15 is 0 Å². The summed E-state index contributed by atoms with van der Waals surface area (Å²) in [5, 5.41) is 3.35. The topological polar surface area (TPSA) is 58.4 Å². The minimum Gasteiger partial charge on any atom is -0.315 e. The zero-order valence-electron chi connectivity index (χ0n) is 9.99. The lowest BCUT2D eigenvalue weighted by Crippen LogP contribution is -2.61. The lowest BCUT2D eigenvalue weighted by atomic mass is 9.94. The number of hydrogen-bond acceptors (Lipinski definition) is 4. The van der Waals surface area contributed by atoms with E-state index in [-0.39, 0.29) is 11.6 Å². The Hall–Kier alpha value is -0.450. The highest BCUT2D eigenvalue weighted by molar-refractivity contribution is 5.58. The molecular weight excluding hydrogens is 190 g/mol. The number of piperazine rings is 1. The van der Waals surface area contributed by atoms with Crippen LogP contribution in [0.4, 0.5) is 0 Å². The third-order valence-corrected chi connectivity index (χ3v) is 2.83. The molecule has 0 aromatic carbocycles. The second-order valence-electron chi connectivity index (χ2n) is 5.18. The van der Waals surface area contributed by atoms with Gasteiger partial charge in [-0.05, 0) is 6.42 Å². The number of carbonyl (C=O) groups is 1. The van der Waals surface area contributed by atoms with Crippen LogP contribution in [0.5, 0.6) is 0 Å². The zero-order valence-corrected chi connectivity index (χ0v) is 9.99. The molecule has 3 N–H and O–H groups in total. The molecule has 4 nitrogen and oxygen atoms in total. The van der Waals surface area contributed by atoms with Gasteiger partial charge in [-0.2, -0.15) is 0 Å². The van der Waals surface area contributed by atoms with Crippen molar-refractivity contribution in [2.75, 3.05) is 19.6 Å². The number of hydrogen-bond donors (Lipinski definition) is 2. The lowest BCUT2D eigenvalue weighted by molar-refractivity contribution is -0.115. The molecule has 1 heterocycles. The van der Waals surface area contributed by atoms with Gasteiger partial charge in [0.1, 0.15) is 6.29 Å². The molecule has 0 spiro atoms. The summed E-state index contributed by atoms with van der Waals surface area (Å²) >= 11 is 0. The van der Waals surface area contributed by atoms with E-state index < -0.39 is 0 Å². The van der Waals surface area contributed by atoms with Gasteiger partial charge in [0.2, 0.25) is 0 Å². The molecule has 1 fully saturated rings. The zero-order chi connectivity index (χ0) is 11.5. The fraction of sp³-hybridized carbons (Fsp3) is 0.909. The van der Waals surface area contributed by atoms with Crippen LogP contribution in [-0.2, 0) is 4.79 Å². The van der Waals surface area contributed by atoms with Gasteiger partial charge in [-0.3, -0.25) is 10.2 Å². The van der Waals surface area contributed by atoms with Crippen LogP contribution in [0.1, 0.15) is 27.2 Å². The van der Waals surface area contributed by atoms with Crippen molar-refractivity contribution in [2.45, 2.75) is 39.4 Å². The molecule has 0 bridgehead atoms. The molecule has 0 aliphatic carbocycles. The van der Waals surface area contributed by atoms with E-state index in [0.717, 1.165) is 32.3 Å². The van der Waals surface area contributed by atoms with Gasteiger partial charge in [0.15, 0.2) is 0 Å². The monoisotopic (exact) mass is 213 g/mol. The number of rotatable bonds is 4. The van der Waals surface area contributed by atoms with Gasteiger partial charge in [0.25, 0.3) is 0 Å². The molecule has 0 aromatic heterocycles. The standard InChI is InChI=1S/C11H23N3O/c1-4-9-5-14(6-10(12)13-9)7-11(2,3)8-15/h8-10,13H,4-7,12H2,1-3H3. The highest BCUT2D eigenvalue weighted by atomic mass is 16.1. The van der Waals surface area contributed by atoms with Crippen molar-refractivity contribution in [3.63, 3.8) is 0 Å². The molecule has 1 aliphatic heterocycles. The van der Waals surface area contributed by atoms with Crippen LogP contribution >= 0.6 is 0 Å². The Bertz CT molecular complexity index is 218. The summed E-state index contributed by atoms with van der Waals surface area (Å²) < 4.78 is 0. The molecule has 0 saturated carbocycles. The van der Waals surface area contributed by atoms with E-state index in [1.165, 1.54) is 0 Å². The molecule has 1 saturated heterocycles. The summed E-state index contributed by atoms with van der Waals surface area (Å²) in [6, 6.07) is 0.455. The highest BCUT2D eigenvalue weighted by Gasteiger charge is 2.27. The van der Waals surface area contributed by atoms with E-state index in [9.17, 15) is 4.79 Å². The van der Waals surface area contributed by atoms with Crippen LogP contribution in [0.2, 0.25) is 0 Å². The van der Waals surface area contributed by atoms with Crippen molar-refractivity contribution in [2.24, 2.45) is 11.1 Å². The van der Waals surface area contributed by atoms with E-state index in [1.54, 1.807) is 0 Å². The van der Waals surface area contributed by atoms with Crippen molar-refractivity contribution in [3.05, 3.63) is 0 Å². The maximum Gasteiger partial charge on any atom is 0.126 e. The Morgan fingerprint density at radius 2 is 2.20 bits per heavy atom. The van der Waals surface area contributed by atoms with E-state index in [2.05, 4.69) is 17.1 Å². The summed E-state index contributed by atoms with van der Waals surface area (Å²) in [5.41, 5.74) is 5.64. The van der Waals surface area contributed by atoms with Crippen molar-refractivity contribution < 1.29 is 4.79 Å². The number of carbonyl (C=O) groups excluding carboxylic acids is 1. The number of nitrogens with zero attached hydrogens (tertiary/aromatic N) is 1. The maximum atomic E-state index is 10.9. The third-order valence-electron chi connectivity index (χ3n) is 2.83. The Kier molecular flexibility index (Phi) is 4.25. The molecule has 0 radical (unpaired) electrons. The second-order valence-corrected chi connectivity index (χ2v) is 5.18. The van der Waals surface area contributed by atoms with Gasteiger partial charge >= 0.3 is 0 Å². The summed E-state index contributed by atoms with van der Waals surface area (Å²) in [6.07, 6.45) is 2.14. The first-order valence-electron chi connectivity index (χ1n) is 5.67. The van der Waals surface area contributed by atoms with Crippen molar-refractivity contribution >= 4 is 6.29 Å². The van der Waals surface area contributed by atoms with Gasteiger partial charge in [-0.1, -0.05) is 20.8 Å². The molecule has 0 aromatic rings. The Morgan fingerprint density at radius 1 is 1.53 bits per heavy atom. The fourth-order valence-electron chi connectivity index (χ4n) is 2.06. The van der Waals surface area contributed by atoms with E-state index in [0.29, 0.717) is 6.04 Å². The van der Waals surface area contributed by atoms with E-state index in [1.807, 2.05) is 13.8 Å². The normalized spacial score (nSPS) is 29.1. The van der Waals surface area contributed by atoms with Crippen molar-refractivity contribution in [3.8, 4) is 0 Å². The number of nitrogens with one attached hydrogen (secondary N) is 1. The summed E-state index contributed by atoms with van der Waals surface area (Å²) in [5.74, 6) is 0. The molecular formula is C11H23N3O. The van der Waals surface area contributed by atoms with Gasteiger partial charge in [-0.15, -0.1) is 0 Å². The predicted octanol–water partition coefficient (Wildman–Crippen LogP) is 0.180. The molecule has 88 valence electrons.